The zero-order chi connectivity index (χ0) is 13.1. The molecular weight excluding hydrogens is 234 g/mol. The summed E-state index contributed by atoms with van der Waals surface area (Å²) in [7, 11) is 0. The van der Waals surface area contributed by atoms with Gasteiger partial charge in [-0.05, 0) is 25.1 Å². The predicted octanol–water partition coefficient (Wildman–Crippen LogP) is 3.40. The summed E-state index contributed by atoms with van der Waals surface area (Å²) in [5.74, 6) is 0.417. The van der Waals surface area contributed by atoms with Crippen LogP contribution in [0.3, 0.4) is 0 Å². The molecular formula is C13H11NO4. The van der Waals surface area contributed by atoms with E-state index in [1.54, 1.807) is 12.1 Å². The van der Waals surface area contributed by atoms with Crippen molar-refractivity contribution in [1.29, 1.82) is 0 Å². The van der Waals surface area contributed by atoms with Crippen LogP contribution in [0.1, 0.15) is 5.56 Å². The molecule has 0 aliphatic rings. The first kappa shape index (κ1) is 11.9. The van der Waals surface area contributed by atoms with E-state index in [1.807, 2.05) is 19.1 Å². The Bertz CT molecular complexity index is 578. The van der Waals surface area contributed by atoms with Crippen LogP contribution >= 0.6 is 0 Å². The van der Waals surface area contributed by atoms with Gasteiger partial charge in [0.2, 0.25) is 5.75 Å². The third kappa shape index (κ3) is 2.57. The maximum atomic E-state index is 10.8. The van der Waals surface area contributed by atoms with Crippen molar-refractivity contribution in [3.05, 3.63) is 58.1 Å². The number of rotatable bonds is 3. The molecule has 2 rings (SSSR count). The number of ether oxygens (including phenoxy) is 1. The van der Waals surface area contributed by atoms with Gasteiger partial charge in [0.15, 0.2) is 0 Å². The lowest BCUT2D eigenvalue weighted by Gasteiger charge is -2.06. The van der Waals surface area contributed by atoms with Gasteiger partial charge in [0.1, 0.15) is 11.5 Å². The maximum Gasteiger partial charge on any atom is 0.311 e. The molecule has 0 radical (unpaired) electrons. The first-order valence-electron chi connectivity index (χ1n) is 5.28. The molecule has 2 aromatic carbocycles. The summed E-state index contributed by atoms with van der Waals surface area (Å²) in [6.07, 6.45) is 0. The number of nitro benzene ring substituents is 1. The highest BCUT2D eigenvalue weighted by atomic mass is 16.6. The maximum absolute atomic E-state index is 10.8. The summed E-state index contributed by atoms with van der Waals surface area (Å²) in [6, 6.07) is 10.8. The standard InChI is InChI=1S/C13H11NO4/c1-9-2-5-11(6-3-9)18-13-8-10(15)4-7-12(13)14(16)17/h2-8,15H,1H3. The summed E-state index contributed by atoms with van der Waals surface area (Å²) in [5.41, 5.74) is 0.876. The van der Waals surface area contributed by atoms with Crippen molar-refractivity contribution in [3.8, 4) is 17.2 Å². The van der Waals surface area contributed by atoms with Crippen molar-refractivity contribution in [2.45, 2.75) is 6.92 Å². The van der Waals surface area contributed by atoms with Crippen LogP contribution in [-0.2, 0) is 0 Å². The Balaban J connectivity index is 2.35. The molecule has 0 aromatic heterocycles. The third-order valence-corrected chi connectivity index (χ3v) is 2.39. The summed E-state index contributed by atoms with van der Waals surface area (Å²) >= 11 is 0. The van der Waals surface area contributed by atoms with Crippen molar-refractivity contribution in [2.24, 2.45) is 0 Å². The molecule has 92 valence electrons. The largest absolute Gasteiger partial charge is 0.508 e. The lowest BCUT2D eigenvalue weighted by atomic mass is 10.2. The van der Waals surface area contributed by atoms with Gasteiger partial charge in [-0.3, -0.25) is 10.1 Å². The fourth-order valence-electron chi connectivity index (χ4n) is 1.47. The Morgan fingerprint density at radius 2 is 1.83 bits per heavy atom. The molecule has 0 saturated carbocycles. The lowest BCUT2D eigenvalue weighted by molar-refractivity contribution is -0.385. The minimum absolute atomic E-state index is 0.0175. The molecule has 0 aliphatic carbocycles. The molecule has 5 heteroatoms. The van der Waals surface area contributed by atoms with E-state index in [2.05, 4.69) is 0 Å². The number of nitro groups is 1. The normalized spacial score (nSPS) is 10.1. The van der Waals surface area contributed by atoms with E-state index in [0.717, 1.165) is 5.56 Å². The van der Waals surface area contributed by atoms with Crippen LogP contribution in [0.5, 0.6) is 17.2 Å². The topological polar surface area (TPSA) is 72.6 Å². The Kier molecular flexibility index (Phi) is 3.14. The highest BCUT2D eigenvalue weighted by Crippen LogP contribution is 2.34. The molecule has 0 atom stereocenters. The van der Waals surface area contributed by atoms with Crippen molar-refractivity contribution < 1.29 is 14.8 Å². The number of hydrogen-bond acceptors (Lipinski definition) is 4. The number of benzene rings is 2. The van der Waals surface area contributed by atoms with E-state index in [9.17, 15) is 15.2 Å². The van der Waals surface area contributed by atoms with Gasteiger partial charge in [0.25, 0.3) is 0 Å². The molecule has 0 spiro atoms. The van der Waals surface area contributed by atoms with Gasteiger partial charge in [-0.2, -0.15) is 0 Å². The molecule has 0 saturated heterocycles. The van der Waals surface area contributed by atoms with E-state index in [0.29, 0.717) is 5.75 Å². The van der Waals surface area contributed by atoms with Crippen LogP contribution < -0.4 is 4.74 Å². The van der Waals surface area contributed by atoms with Crippen LogP contribution in [0.2, 0.25) is 0 Å². The zero-order valence-corrected chi connectivity index (χ0v) is 9.66. The number of aromatic hydroxyl groups is 1. The van der Waals surface area contributed by atoms with Crippen LogP contribution in [0.25, 0.3) is 0 Å². The number of aryl methyl sites for hydroxylation is 1. The predicted molar refractivity (Wildman–Crippen MR) is 66.0 cm³/mol. The fraction of sp³-hybridized carbons (Fsp3) is 0.0769. The van der Waals surface area contributed by atoms with Gasteiger partial charge >= 0.3 is 5.69 Å². The van der Waals surface area contributed by atoms with Crippen molar-refractivity contribution in [2.75, 3.05) is 0 Å². The molecule has 0 unspecified atom stereocenters. The number of hydrogen-bond donors (Lipinski definition) is 1. The number of phenolic OH excluding ortho intramolecular Hbond substituents is 1. The lowest BCUT2D eigenvalue weighted by Crippen LogP contribution is -1.93. The van der Waals surface area contributed by atoms with E-state index in [4.69, 9.17) is 4.74 Å². The summed E-state index contributed by atoms with van der Waals surface area (Å²) in [5, 5.41) is 20.2. The molecule has 0 amide bonds. The van der Waals surface area contributed by atoms with Gasteiger partial charge in [-0.25, -0.2) is 0 Å². The Labute approximate surface area is 103 Å². The second-order valence-electron chi connectivity index (χ2n) is 3.82. The van der Waals surface area contributed by atoms with E-state index in [-0.39, 0.29) is 17.2 Å². The van der Waals surface area contributed by atoms with E-state index >= 15 is 0 Å². The monoisotopic (exact) mass is 245 g/mol. The molecule has 0 heterocycles. The average Bonchev–Trinajstić information content (AvgIpc) is 2.32. The molecule has 0 bridgehead atoms. The first-order valence-corrected chi connectivity index (χ1v) is 5.28. The van der Waals surface area contributed by atoms with Crippen LogP contribution in [0.4, 0.5) is 5.69 Å². The highest BCUT2D eigenvalue weighted by Gasteiger charge is 2.16. The van der Waals surface area contributed by atoms with Crippen LogP contribution in [0.15, 0.2) is 42.5 Å². The molecule has 1 N–H and O–H groups in total. The van der Waals surface area contributed by atoms with Gasteiger partial charge in [0, 0.05) is 12.1 Å². The van der Waals surface area contributed by atoms with Crippen LogP contribution in [-0.4, -0.2) is 10.0 Å². The van der Waals surface area contributed by atoms with Crippen molar-refractivity contribution >= 4 is 5.69 Å². The Morgan fingerprint density at radius 3 is 2.44 bits per heavy atom. The van der Waals surface area contributed by atoms with Gasteiger partial charge in [-0.15, -0.1) is 0 Å². The fourth-order valence-corrected chi connectivity index (χ4v) is 1.47. The van der Waals surface area contributed by atoms with Gasteiger partial charge in [-0.1, -0.05) is 17.7 Å². The van der Waals surface area contributed by atoms with Crippen molar-refractivity contribution in [3.63, 3.8) is 0 Å². The quantitative estimate of drug-likeness (QED) is 0.664. The average molecular weight is 245 g/mol. The van der Waals surface area contributed by atoms with Crippen LogP contribution in [0, 0.1) is 17.0 Å². The minimum atomic E-state index is -0.553. The smallest absolute Gasteiger partial charge is 0.311 e. The Hall–Kier alpha value is -2.56. The minimum Gasteiger partial charge on any atom is -0.508 e. The molecule has 0 aliphatic heterocycles. The Morgan fingerprint density at radius 1 is 1.17 bits per heavy atom. The first-order chi connectivity index (χ1) is 8.56. The summed E-state index contributed by atoms with van der Waals surface area (Å²) in [6.45, 7) is 1.93. The van der Waals surface area contributed by atoms with Gasteiger partial charge < -0.3 is 9.84 Å². The molecule has 2 aromatic rings. The summed E-state index contributed by atoms with van der Waals surface area (Å²) in [4.78, 5) is 10.3. The van der Waals surface area contributed by atoms with E-state index in [1.165, 1.54) is 18.2 Å². The molecule has 18 heavy (non-hydrogen) atoms. The molecule has 0 fully saturated rings. The second-order valence-corrected chi connectivity index (χ2v) is 3.82. The second kappa shape index (κ2) is 4.75. The molecule has 5 nitrogen and oxygen atoms in total. The number of phenols is 1. The third-order valence-electron chi connectivity index (χ3n) is 2.39. The SMILES string of the molecule is Cc1ccc(Oc2cc(O)ccc2[N+](=O)[O-])cc1. The summed E-state index contributed by atoms with van der Waals surface area (Å²) < 4.78 is 5.40. The van der Waals surface area contributed by atoms with Crippen molar-refractivity contribution in [1.82, 2.24) is 0 Å². The van der Waals surface area contributed by atoms with Gasteiger partial charge in [0.05, 0.1) is 4.92 Å². The highest BCUT2D eigenvalue weighted by molar-refractivity contribution is 5.52. The zero-order valence-electron chi connectivity index (χ0n) is 9.66. The van der Waals surface area contributed by atoms with E-state index < -0.39 is 4.92 Å². The number of nitrogens with zero attached hydrogens (tertiary/aromatic N) is 1.